The number of amides is 1. The van der Waals surface area contributed by atoms with Crippen molar-refractivity contribution in [3.8, 4) is 6.07 Å². The van der Waals surface area contributed by atoms with Crippen molar-refractivity contribution < 1.29 is 13.9 Å². The summed E-state index contributed by atoms with van der Waals surface area (Å²) < 4.78 is 20.5. The molecule has 2 aromatic carbocycles. The summed E-state index contributed by atoms with van der Waals surface area (Å²) >= 11 is 0. The second-order valence-electron chi connectivity index (χ2n) is 8.68. The number of pyridine rings is 1. The van der Waals surface area contributed by atoms with Crippen molar-refractivity contribution in [3.05, 3.63) is 75.8 Å². The molecule has 2 fully saturated rings. The third kappa shape index (κ3) is 4.03. The number of para-hydroxylation sites is 1. The minimum atomic E-state index is -0.376. The molecular formula is C26H25FN4O3. The van der Waals surface area contributed by atoms with Gasteiger partial charge < -0.3 is 19.1 Å². The van der Waals surface area contributed by atoms with Gasteiger partial charge in [0.05, 0.1) is 17.7 Å². The molecule has 2 saturated heterocycles. The molecule has 2 aliphatic heterocycles. The van der Waals surface area contributed by atoms with Crippen LogP contribution in [0.1, 0.15) is 24.0 Å². The van der Waals surface area contributed by atoms with E-state index in [1.54, 1.807) is 16.7 Å². The van der Waals surface area contributed by atoms with E-state index in [0.717, 1.165) is 23.8 Å². The lowest BCUT2D eigenvalue weighted by Crippen LogP contribution is -2.52. The molecule has 2 aliphatic rings. The second-order valence-corrected chi connectivity index (χ2v) is 8.68. The number of nitrogens with zero attached hydrogens (tertiary/aromatic N) is 4. The van der Waals surface area contributed by atoms with Crippen LogP contribution in [0.15, 0.2) is 53.3 Å². The molecule has 1 amide bonds. The van der Waals surface area contributed by atoms with Gasteiger partial charge in [0.2, 0.25) is 0 Å². The number of halogens is 1. The Morgan fingerprint density at radius 3 is 2.50 bits per heavy atom. The molecule has 0 radical (unpaired) electrons. The molecule has 174 valence electrons. The van der Waals surface area contributed by atoms with Gasteiger partial charge in [-0.15, -0.1) is 0 Å². The molecule has 34 heavy (non-hydrogen) atoms. The van der Waals surface area contributed by atoms with Gasteiger partial charge in [0.1, 0.15) is 23.6 Å². The first kappa shape index (κ1) is 22.1. The van der Waals surface area contributed by atoms with Crippen LogP contribution in [0.3, 0.4) is 0 Å². The van der Waals surface area contributed by atoms with Crippen molar-refractivity contribution in [1.29, 1.82) is 5.26 Å². The Labute approximate surface area is 196 Å². The summed E-state index contributed by atoms with van der Waals surface area (Å²) in [6.07, 6.45) is 1.31. The molecule has 0 saturated carbocycles. The van der Waals surface area contributed by atoms with Gasteiger partial charge >= 0.3 is 0 Å². The first-order chi connectivity index (χ1) is 16.6. The Morgan fingerprint density at radius 2 is 1.82 bits per heavy atom. The van der Waals surface area contributed by atoms with Crippen LogP contribution in [0.4, 0.5) is 10.1 Å². The Bertz CT molecular complexity index is 1310. The maximum absolute atomic E-state index is 13.5. The smallest absolute Gasteiger partial charge is 0.271 e. The molecule has 3 aromatic rings. The number of hydrogen-bond acceptors (Lipinski definition) is 5. The molecule has 1 aromatic heterocycles. The molecule has 1 unspecified atom stereocenters. The maximum atomic E-state index is 13.5. The standard InChI is InChI=1S/C26H25FN4O3/c27-19-9-7-18(8-10-19)17-31-22-5-2-1-4-20(22)24(21(16-28)25(31)32)29-11-13-30(14-12-29)26(33)23-6-3-15-34-23/h1-2,4-5,7-10,23H,3,6,11-15,17H2. The summed E-state index contributed by atoms with van der Waals surface area (Å²) in [6.45, 7) is 2.94. The van der Waals surface area contributed by atoms with Crippen LogP contribution in [0.5, 0.6) is 0 Å². The van der Waals surface area contributed by atoms with E-state index >= 15 is 0 Å². The fourth-order valence-electron chi connectivity index (χ4n) is 4.87. The van der Waals surface area contributed by atoms with E-state index in [9.17, 15) is 19.2 Å². The van der Waals surface area contributed by atoms with Crippen LogP contribution < -0.4 is 10.5 Å². The van der Waals surface area contributed by atoms with E-state index in [0.29, 0.717) is 44.0 Å². The molecule has 0 N–H and O–H groups in total. The molecule has 0 spiro atoms. The van der Waals surface area contributed by atoms with E-state index in [-0.39, 0.29) is 35.5 Å². The van der Waals surface area contributed by atoms with Crippen molar-refractivity contribution in [2.75, 3.05) is 37.7 Å². The number of anilines is 1. The Balaban J connectivity index is 1.49. The van der Waals surface area contributed by atoms with Gasteiger partial charge in [0.25, 0.3) is 11.5 Å². The van der Waals surface area contributed by atoms with E-state index in [1.165, 1.54) is 12.1 Å². The highest BCUT2D eigenvalue weighted by molar-refractivity contribution is 5.95. The monoisotopic (exact) mass is 460 g/mol. The highest BCUT2D eigenvalue weighted by atomic mass is 19.1. The number of carbonyl (C=O) groups excluding carboxylic acids is 1. The minimum Gasteiger partial charge on any atom is -0.368 e. The lowest BCUT2D eigenvalue weighted by Gasteiger charge is -2.37. The number of ether oxygens (including phenoxy) is 1. The Morgan fingerprint density at radius 1 is 1.09 bits per heavy atom. The first-order valence-electron chi connectivity index (χ1n) is 11.5. The van der Waals surface area contributed by atoms with Gasteiger partial charge in [-0.25, -0.2) is 4.39 Å². The van der Waals surface area contributed by atoms with Gasteiger partial charge in [0, 0.05) is 38.2 Å². The number of carbonyl (C=O) groups is 1. The maximum Gasteiger partial charge on any atom is 0.271 e. The van der Waals surface area contributed by atoms with Gasteiger partial charge in [0.15, 0.2) is 0 Å². The van der Waals surface area contributed by atoms with E-state index in [1.807, 2.05) is 34.1 Å². The molecule has 0 aliphatic carbocycles. The van der Waals surface area contributed by atoms with Crippen molar-refractivity contribution in [1.82, 2.24) is 9.47 Å². The number of hydrogen-bond donors (Lipinski definition) is 0. The van der Waals surface area contributed by atoms with Crippen molar-refractivity contribution in [2.24, 2.45) is 0 Å². The fraction of sp³-hybridized carbons (Fsp3) is 0.346. The van der Waals surface area contributed by atoms with Crippen LogP contribution in [-0.2, 0) is 16.1 Å². The summed E-state index contributed by atoms with van der Waals surface area (Å²) in [7, 11) is 0. The predicted octanol–water partition coefficient (Wildman–Crippen LogP) is 2.89. The largest absolute Gasteiger partial charge is 0.368 e. The molecule has 5 rings (SSSR count). The molecule has 0 bridgehead atoms. The van der Waals surface area contributed by atoms with Crippen LogP contribution in [0, 0.1) is 17.1 Å². The van der Waals surface area contributed by atoms with Crippen LogP contribution >= 0.6 is 0 Å². The zero-order valence-corrected chi connectivity index (χ0v) is 18.7. The fourth-order valence-corrected chi connectivity index (χ4v) is 4.87. The second kappa shape index (κ2) is 9.27. The van der Waals surface area contributed by atoms with Crippen LogP contribution in [-0.4, -0.2) is 54.3 Å². The predicted molar refractivity (Wildman–Crippen MR) is 126 cm³/mol. The van der Waals surface area contributed by atoms with E-state index < -0.39 is 0 Å². The molecule has 8 heteroatoms. The average molecular weight is 461 g/mol. The van der Waals surface area contributed by atoms with Crippen LogP contribution in [0.2, 0.25) is 0 Å². The van der Waals surface area contributed by atoms with Crippen molar-refractivity contribution in [3.63, 3.8) is 0 Å². The Hall–Kier alpha value is -3.70. The highest BCUT2D eigenvalue weighted by Crippen LogP contribution is 2.30. The van der Waals surface area contributed by atoms with E-state index in [4.69, 9.17) is 4.74 Å². The summed E-state index contributed by atoms with van der Waals surface area (Å²) in [5, 5.41) is 10.8. The normalized spacial score (nSPS) is 18.3. The molecule has 1 atom stereocenters. The summed E-state index contributed by atoms with van der Waals surface area (Å²) in [5.74, 6) is -0.316. The zero-order chi connectivity index (χ0) is 23.7. The van der Waals surface area contributed by atoms with Gasteiger partial charge in [-0.1, -0.05) is 30.3 Å². The number of fused-ring (bicyclic) bond motifs is 1. The Kier molecular flexibility index (Phi) is 6.03. The van der Waals surface area contributed by atoms with E-state index in [2.05, 4.69) is 6.07 Å². The SMILES string of the molecule is N#Cc1c(N2CCN(C(=O)C3CCCO3)CC2)c2ccccc2n(Cc2ccc(F)cc2)c1=O. The molecule has 7 nitrogen and oxygen atoms in total. The third-order valence-corrected chi connectivity index (χ3v) is 6.62. The number of piperazine rings is 1. The number of benzene rings is 2. The average Bonchev–Trinajstić information content (AvgIpc) is 3.41. The van der Waals surface area contributed by atoms with Crippen LogP contribution in [0.25, 0.3) is 10.9 Å². The topological polar surface area (TPSA) is 78.6 Å². The zero-order valence-electron chi connectivity index (χ0n) is 18.7. The first-order valence-corrected chi connectivity index (χ1v) is 11.5. The number of aromatic nitrogens is 1. The lowest BCUT2D eigenvalue weighted by atomic mass is 10.1. The van der Waals surface area contributed by atoms with Crippen molar-refractivity contribution in [2.45, 2.75) is 25.5 Å². The highest BCUT2D eigenvalue weighted by Gasteiger charge is 2.31. The molecule has 3 heterocycles. The lowest BCUT2D eigenvalue weighted by molar-refractivity contribution is -0.141. The third-order valence-electron chi connectivity index (χ3n) is 6.62. The number of nitriles is 1. The van der Waals surface area contributed by atoms with Gasteiger partial charge in [-0.05, 0) is 36.6 Å². The number of rotatable bonds is 4. The molecular weight excluding hydrogens is 435 g/mol. The van der Waals surface area contributed by atoms with Gasteiger partial charge in [-0.3, -0.25) is 9.59 Å². The summed E-state index contributed by atoms with van der Waals surface area (Å²) in [5.41, 5.74) is 1.80. The quantitative estimate of drug-likeness (QED) is 0.598. The summed E-state index contributed by atoms with van der Waals surface area (Å²) in [6, 6.07) is 15.7. The minimum absolute atomic E-state index is 0.0252. The van der Waals surface area contributed by atoms with Gasteiger partial charge in [-0.2, -0.15) is 5.26 Å². The summed E-state index contributed by atoms with van der Waals surface area (Å²) in [4.78, 5) is 30.0. The van der Waals surface area contributed by atoms with Crippen molar-refractivity contribution >= 4 is 22.5 Å².